The van der Waals surface area contributed by atoms with Crippen molar-refractivity contribution in [2.45, 2.75) is 36.5 Å². The zero-order chi connectivity index (χ0) is 13.6. The first-order valence-electron chi connectivity index (χ1n) is 5.97. The van der Waals surface area contributed by atoms with Crippen molar-refractivity contribution < 1.29 is 19.8 Å². The van der Waals surface area contributed by atoms with Gasteiger partial charge in [-0.2, -0.15) is 11.8 Å². The predicted molar refractivity (Wildman–Crippen MR) is 69.8 cm³/mol. The summed E-state index contributed by atoms with van der Waals surface area (Å²) in [5.74, 6) is -1.27. The molecular formula is C11H20N2O4S. The molecule has 0 aromatic carbocycles. The Hall–Kier alpha value is -0.950. The molecule has 0 radical (unpaired) electrons. The quantitative estimate of drug-likeness (QED) is 0.540. The van der Waals surface area contributed by atoms with Crippen molar-refractivity contribution in [2.75, 3.05) is 19.3 Å². The van der Waals surface area contributed by atoms with Crippen molar-refractivity contribution in [1.82, 2.24) is 10.6 Å². The van der Waals surface area contributed by atoms with E-state index in [9.17, 15) is 9.59 Å². The number of carboxylic acid groups (broad SMARTS) is 1. The van der Waals surface area contributed by atoms with Gasteiger partial charge in [-0.05, 0) is 19.1 Å². The van der Waals surface area contributed by atoms with Gasteiger partial charge in [0.1, 0.15) is 0 Å². The molecule has 1 saturated carbocycles. The molecule has 18 heavy (non-hydrogen) atoms. The van der Waals surface area contributed by atoms with Crippen molar-refractivity contribution >= 4 is 23.8 Å². The Bertz CT molecular complexity index is 302. The third-order valence-electron chi connectivity index (χ3n) is 3.26. The normalized spacial score (nSPS) is 18.6. The Labute approximate surface area is 111 Å². The monoisotopic (exact) mass is 276 g/mol. The average molecular weight is 276 g/mol. The Balaban J connectivity index is 2.12. The number of aliphatic carboxylic acids is 1. The molecule has 1 atom stereocenters. The first kappa shape index (κ1) is 15.1. The van der Waals surface area contributed by atoms with Crippen LogP contribution in [0.1, 0.15) is 25.7 Å². The van der Waals surface area contributed by atoms with Crippen LogP contribution >= 0.6 is 11.8 Å². The minimum atomic E-state index is -1.42. The van der Waals surface area contributed by atoms with Crippen molar-refractivity contribution in [3.8, 4) is 0 Å². The standard InChI is InChI=1S/C11H20N2O4S/c1-18-11(4-2-5-11)7-13-10(17)12-6-3-8(14)9(15)16/h8,14H,2-7H2,1H3,(H,15,16)(H2,12,13,17). The lowest BCUT2D eigenvalue weighted by Crippen LogP contribution is -2.48. The Kier molecular flexibility index (Phi) is 5.74. The number of hydrogen-bond donors (Lipinski definition) is 4. The molecule has 0 heterocycles. The van der Waals surface area contributed by atoms with Crippen LogP contribution in [-0.2, 0) is 4.79 Å². The fourth-order valence-corrected chi connectivity index (χ4v) is 2.69. The second kappa shape index (κ2) is 6.84. The number of nitrogens with one attached hydrogen (secondary N) is 2. The number of carbonyl (C=O) groups excluding carboxylic acids is 1. The lowest BCUT2D eigenvalue weighted by molar-refractivity contribution is -0.146. The molecule has 1 aliphatic rings. The van der Waals surface area contributed by atoms with Crippen LogP contribution in [0, 0.1) is 0 Å². The first-order chi connectivity index (χ1) is 8.49. The number of rotatable bonds is 7. The number of thioether (sulfide) groups is 1. The van der Waals surface area contributed by atoms with Crippen LogP contribution in [0.2, 0.25) is 0 Å². The zero-order valence-corrected chi connectivity index (χ0v) is 11.3. The lowest BCUT2D eigenvalue weighted by atomic mass is 9.84. The Morgan fingerprint density at radius 1 is 1.39 bits per heavy atom. The molecular weight excluding hydrogens is 256 g/mol. The van der Waals surface area contributed by atoms with E-state index in [1.807, 2.05) is 6.26 Å². The van der Waals surface area contributed by atoms with Crippen LogP contribution < -0.4 is 10.6 Å². The number of aliphatic hydroxyl groups excluding tert-OH is 1. The van der Waals surface area contributed by atoms with Gasteiger partial charge in [0.15, 0.2) is 6.10 Å². The summed E-state index contributed by atoms with van der Waals surface area (Å²) < 4.78 is 0.178. The molecule has 104 valence electrons. The fraction of sp³-hybridized carbons (Fsp3) is 0.818. The van der Waals surface area contributed by atoms with Crippen molar-refractivity contribution in [2.24, 2.45) is 0 Å². The summed E-state index contributed by atoms with van der Waals surface area (Å²) in [5, 5.41) is 22.8. The number of aliphatic hydroxyl groups is 1. The van der Waals surface area contributed by atoms with E-state index in [1.165, 1.54) is 6.42 Å². The van der Waals surface area contributed by atoms with Gasteiger partial charge in [-0.25, -0.2) is 9.59 Å². The molecule has 6 nitrogen and oxygen atoms in total. The average Bonchev–Trinajstić information content (AvgIpc) is 2.28. The van der Waals surface area contributed by atoms with E-state index in [4.69, 9.17) is 10.2 Å². The summed E-state index contributed by atoms with van der Waals surface area (Å²) >= 11 is 1.77. The van der Waals surface area contributed by atoms with Gasteiger partial charge >= 0.3 is 12.0 Å². The number of carboxylic acids is 1. The molecule has 7 heteroatoms. The van der Waals surface area contributed by atoms with E-state index in [0.717, 1.165) is 12.8 Å². The predicted octanol–water partition coefficient (Wildman–Crippen LogP) is 0.407. The SMILES string of the molecule is CSC1(CNC(=O)NCCC(O)C(=O)O)CCC1. The fourth-order valence-electron chi connectivity index (χ4n) is 1.77. The van der Waals surface area contributed by atoms with Crippen LogP contribution in [0.5, 0.6) is 0 Å². The molecule has 1 unspecified atom stereocenters. The molecule has 0 bridgehead atoms. The van der Waals surface area contributed by atoms with Crippen LogP contribution in [0.25, 0.3) is 0 Å². The molecule has 1 rings (SSSR count). The molecule has 0 saturated heterocycles. The highest BCUT2D eigenvalue weighted by molar-refractivity contribution is 8.00. The number of urea groups is 1. The topological polar surface area (TPSA) is 98.7 Å². The van der Waals surface area contributed by atoms with E-state index < -0.39 is 12.1 Å². The smallest absolute Gasteiger partial charge is 0.332 e. The number of hydrogen-bond acceptors (Lipinski definition) is 4. The summed E-state index contributed by atoms with van der Waals surface area (Å²) in [6.07, 6.45) is 4.07. The first-order valence-corrected chi connectivity index (χ1v) is 7.19. The van der Waals surface area contributed by atoms with Gasteiger partial charge in [0.25, 0.3) is 0 Å². The lowest BCUT2D eigenvalue weighted by Gasteiger charge is -2.40. The molecule has 0 aromatic rings. The highest BCUT2D eigenvalue weighted by Crippen LogP contribution is 2.42. The summed E-state index contributed by atoms with van der Waals surface area (Å²) in [7, 11) is 0. The van der Waals surface area contributed by atoms with E-state index in [0.29, 0.717) is 6.54 Å². The third kappa shape index (κ3) is 4.38. The third-order valence-corrected chi connectivity index (χ3v) is 4.68. The van der Waals surface area contributed by atoms with Crippen LogP contribution in [0.3, 0.4) is 0 Å². The number of amides is 2. The van der Waals surface area contributed by atoms with Crippen LogP contribution in [0.15, 0.2) is 0 Å². The van der Waals surface area contributed by atoms with Gasteiger partial charge in [0, 0.05) is 24.3 Å². The molecule has 4 N–H and O–H groups in total. The van der Waals surface area contributed by atoms with Crippen molar-refractivity contribution in [3.05, 3.63) is 0 Å². The molecule has 0 aliphatic heterocycles. The van der Waals surface area contributed by atoms with Gasteiger partial charge in [0.2, 0.25) is 0 Å². The minimum Gasteiger partial charge on any atom is -0.479 e. The minimum absolute atomic E-state index is 0.0103. The highest BCUT2D eigenvalue weighted by Gasteiger charge is 2.36. The maximum atomic E-state index is 11.4. The summed E-state index contributed by atoms with van der Waals surface area (Å²) in [6, 6.07) is -0.312. The molecule has 2 amide bonds. The zero-order valence-electron chi connectivity index (χ0n) is 10.4. The maximum Gasteiger partial charge on any atom is 0.332 e. The maximum absolute atomic E-state index is 11.4. The van der Waals surface area contributed by atoms with Crippen LogP contribution in [0.4, 0.5) is 4.79 Å². The molecule has 0 aromatic heterocycles. The van der Waals surface area contributed by atoms with E-state index in [1.54, 1.807) is 11.8 Å². The summed E-state index contributed by atoms with van der Waals surface area (Å²) in [5.41, 5.74) is 0. The van der Waals surface area contributed by atoms with Gasteiger partial charge in [-0.1, -0.05) is 6.42 Å². The highest BCUT2D eigenvalue weighted by atomic mass is 32.2. The van der Waals surface area contributed by atoms with E-state index in [2.05, 4.69) is 10.6 Å². The van der Waals surface area contributed by atoms with Crippen molar-refractivity contribution in [3.63, 3.8) is 0 Å². The van der Waals surface area contributed by atoms with Gasteiger partial charge in [-0.15, -0.1) is 0 Å². The largest absolute Gasteiger partial charge is 0.479 e. The van der Waals surface area contributed by atoms with Gasteiger partial charge in [0.05, 0.1) is 0 Å². The molecule has 1 aliphatic carbocycles. The Morgan fingerprint density at radius 3 is 2.50 bits per heavy atom. The Morgan fingerprint density at radius 2 is 2.06 bits per heavy atom. The van der Waals surface area contributed by atoms with Gasteiger partial charge < -0.3 is 20.8 Å². The summed E-state index contributed by atoms with van der Waals surface area (Å²) in [4.78, 5) is 21.8. The van der Waals surface area contributed by atoms with E-state index in [-0.39, 0.29) is 23.7 Å². The molecule has 0 spiro atoms. The second-order valence-corrected chi connectivity index (χ2v) is 5.77. The van der Waals surface area contributed by atoms with Crippen molar-refractivity contribution in [1.29, 1.82) is 0 Å². The van der Waals surface area contributed by atoms with Gasteiger partial charge in [-0.3, -0.25) is 0 Å². The second-order valence-electron chi connectivity index (χ2n) is 4.49. The number of carbonyl (C=O) groups is 2. The molecule has 1 fully saturated rings. The summed E-state index contributed by atoms with van der Waals surface area (Å²) in [6.45, 7) is 0.771. The van der Waals surface area contributed by atoms with Crippen LogP contribution in [-0.4, -0.2) is 52.4 Å². The van der Waals surface area contributed by atoms with E-state index >= 15 is 0 Å².